The highest BCUT2D eigenvalue weighted by Crippen LogP contribution is 2.15. The average molecular weight is 231 g/mol. The van der Waals surface area contributed by atoms with Crippen molar-refractivity contribution in [2.75, 3.05) is 0 Å². The molecule has 2 aromatic carbocycles. The van der Waals surface area contributed by atoms with Crippen LogP contribution in [0.25, 0.3) is 0 Å². The van der Waals surface area contributed by atoms with Gasteiger partial charge in [0.25, 0.3) is 0 Å². The normalized spacial score (nSPS) is 10.1. The second-order valence-electron chi connectivity index (χ2n) is 3.71. The summed E-state index contributed by atoms with van der Waals surface area (Å²) >= 11 is 5.85. The predicted octanol–water partition coefficient (Wildman–Crippen LogP) is 3.88. The molecule has 0 aliphatic carbocycles. The minimum absolute atomic E-state index is 0.00231. The lowest BCUT2D eigenvalue weighted by Crippen LogP contribution is -2.00. The van der Waals surface area contributed by atoms with Crippen LogP contribution in [-0.2, 0) is 0 Å². The molecule has 16 heavy (non-hydrogen) atoms. The molecule has 0 amide bonds. The van der Waals surface area contributed by atoms with E-state index in [1.165, 1.54) is 0 Å². The topological polar surface area (TPSA) is 17.1 Å². The van der Waals surface area contributed by atoms with E-state index in [1.54, 1.807) is 24.3 Å². The number of hydrogen-bond donors (Lipinski definition) is 0. The van der Waals surface area contributed by atoms with Crippen molar-refractivity contribution in [3.63, 3.8) is 0 Å². The molecule has 2 heteroatoms. The van der Waals surface area contributed by atoms with Crippen LogP contribution in [-0.4, -0.2) is 5.78 Å². The Labute approximate surface area is 99.7 Å². The fraction of sp³-hybridized carbons (Fsp3) is 0.0714. The van der Waals surface area contributed by atoms with Crippen LogP contribution in [0.4, 0.5) is 0 Å². The summed E-state index contributed by atoms with van der Waals surface area (Å²) < 4.78 is 0. The van der Waals surface area contributed by atoms with Gasteiger partial charge in [0.1, 0.15) is 0 Å². The van der Waals surface area contributed by atoms with Crippen molar-refractivity contribution < 1.29 is 4.79 Å². The Bertz CT molecular complexity index is 515. The van der Waals surface area contributed by atoms with Gasteiger partial charge in [0.2, 0.25) is 0 Å². The molecule has 0 aliphatic heterocycles. The summed E-state index contributed by atoms with van der Waals surface area (Å²) in [6.07, 6.45) is 0. The van der Waals surface area contributed by atoms with Crippen LogP contribution < -0.4 is 0 Å². The second kappa shape index (κ2) is 4.50. The molecule has 0 unspecified atom stereocenters. The minimum Gasteiger partial charge on any atom is -0.289 e. The summed E-state index contributed by atoms with van der Waals surface area (Å²) in [5.41, 5.74) is 2.45. The maximum Gasteiger partial charge on any atom is 0.193 e. The molecule has 2 aromatic rings. The molecule has 80 valence electrons. The van der Waals surface area contributed by atoms with Crippen molar-refractivity contribution in [3.8, 4) is 0 Å². The van der Waals surface area contributed by atoms with E-state index in [2.05, 4.69) is 0 Å². The van der Waals surface area contributed by atoms with Gasteiger partial charge >= 0.3 is 0 Å². The van der Waals surface area contributed by atoms with Crippen LogP contribution in [0, 0.1) is 6.92 Å². The minimum atomic E-state index is 0.00231. The van der Waals surface area contributed by atoms with Crippen LogP contribution in [0.3, 0.4) is 0 Å². The van der Waals surface area contributed by atoms with E-state index in [1.807, 2.05) is 31.2 Å². The highest BCUT2D eigenvalue weighted by Gasteiger charge is 2.08. The Balaban J connectivity index is 2.35. The Morgan fingerprint density at radius 1 is 1.00 bits per heavy atom. The van der Waals surface area contributed by atoms with Crippen molar-refractivity contribution in [2.45, 2.75) is 6.92 Å². The monoisotopic (exact) mass is 230 g/mol. The number of aryl methyl sites for hydroxylation is 1. The fourth-order valence-corrected chi connectivity index (χ4v) is 1.69. The lowest BCUT2D eigenvalue weighted by Gasteiger charge is -2.02. The Morgan fingerprint density at radius 2 is 1.69 bits per heavy atom. The van der Waals surface area contributed by atoms with Crippen molar-refractivity contribution in [3.05, 3.63) is 70.2 Å². The smallest absolute Gasteiger partial charge is 0.193 e. The van der Waals surface area contributed by atoms with E-state index in [0.717, 1.165) is 5.56 Å². The zero-order chi connectivity index (χ0) is 11.5. The number of hydrogen-bond acceptors (Lipinski definition) is 1. The Morgan fingerprint density at radius 3 is 2.31 bits per heavy atom. The molecule has 0 saturated carbocycles. The van der Waals surface area contributed by atoms with Gasteiger partial charge in [-0.15, -0.1) is 0 Å². The van der Waals surface area contributed by atoms with Gasteiger partial charge in [0.05, 0.1) is 0 Å². The van der Waals surface area contributed by atoms with Gasteiger partial charge in [0.15, 0.2) is 5.78 Å². The van der Waals surface area contributed by atoms with Crippen LogP contribution in [0.1, 0.15) is 21.5 Å². The third kappa shape index (κ3) is 2.31. The first kappa shape index (κ1) is 10.9. The van der Waals surface area contributed by atoms with E-state index in [-0.39, 0.29) is 5.78 Å². The summed E-state index contributed by atoms with van der Waals surface area (Å²) in [7, 11) is 0. The Kier molecular flexibility index (Phi) is 3.07. The summed E-state index contributed by atoms with van der Waals surface area (Å²) in [4.78, 5) is 12.1. The van der Waals surface area contributed by atoms with Gasteiger partial charge < -0.3 is 0 Å². The van der Waals surface area contributed by atoms with Gasteiger partial charge in [-0.2, -0.15) is 0 Å². The quantitative estimate of drug-likeness (QED) is 0.716. The van der Waals surface area contributed by atoms with Crippen LogP contribution in [0.2, 0.25) is 5.02 Å². The van der Waals surface area contributed by atoms with Crippen molar-refractivity contribution in [1.29, 1.82) is 0 Å². The predicted molar refractivity (Wildman–Crippen MR) is 66.1 cm³/mol. The Hall–Kier alpha value is -1.60. The van der Waals surface area contributed by atoms with Gasteiger partial charge in [-0.25, -0.2) is 0 Å². The first-order chi connectivity index (χ1) is 7.66. The number of carbonyl (C=O) groups is 1. The molecule has 0 spiro atoms. The highest BCUT2D eigenvalue weighted by molar-refractivity contribution is 6.31. The number of ketones is 1. The fourth-order valence-electron chi connectivity index (χ4n) is 1.50. The first-order valence-electron chi connectivity index (χ1n) is 5.04. The molecule has 0 radical (unpaired) electrons. The van der Waals surface area contributed by atoms with Crippen molar-refractivity contribution >= 4 is 17.4 Å². The number of carbonyl (C=O) groups excluding carboxylic acids is 1. The van der Waals surface area contributed by atoms with E-state index in [9.17, 15) is 4.79 Å². The maximum atomic E-state index is 12.1. The SMILES string of the molecule is Cc1ccc(C(=O)c2cccc(Cl)c2)cc1. The number of rotatable bonds is 2. The number of benzene rings is 2. The summed E-state index contributed by atoms with van der Waals surface area (Å²) in [5, 5.41) is 0.581. The largest absolute Gasteiger partial charge is 0.289 e. The van der Waals surface area contributed by atoms with E-state index >= 15 is 0 Å². The van der Waals surface area contributed by atoms with Gasteiger partial charge in [-0.05, 0) is 19.1 Å². The van der Waals surface area contributed by atoms with E-state index in [4.69, 9.17) is 11.6 Å². The molecule has 0 aromatic heterocycles. The van der Waals surface area contributed by atoms with Crippen molar-refractivity contribution in [1.82, 2.24) is 0 Å². The first-order valence-corrected chi connectivity index (χ1v) is 5.41. The second-order valence-corrected chi connectivity index (χ2v) is 4.14. The standard InChI is InChI=1S/C14H11ClO/c1-10-5-7-11(8-6-10)14(16)12-3-2-4-13(15)9-12/h2-9H,1H3. The third-order valence-electron chi connectivity index (χ3n) is 2.40. The van der Waals surface area contributed by atoms with Crippen LogP contribution in [0.5, 0.6) is 0 Å². The lowest BCUT2D eigenvalue weighted by atomic mass is 10.0. The summed E-state index contributed by atoms with van der Waals surface area (Å²) in [5.74, 6) is 0.00231. The molecule has 0 atom stereocenters. The van der Waals surface area contributed by atoms with Crippen molar-refractivity contribution in [2.24, 2.45) is 0 Å². The molecule has 0 N–H and O–H groups in total. The zero-order valence-corrected chi connectivity index (χ0v) is 9.66. The molecular weight excluding hydrogens is 220 g/mol. The van der Waals surface area contributed by atoms with Gasteiger partial charge in [0, 0.05) is 16.1 Å². The van der Waals surface area contributed by atoms with Crippen LogP contribution in [0.15, 0.2) is 48.5 Å². The summed E-state index contributed by atoms with van der Waals surface area (Å²) in [6, 6.07) is 14.5. The molecule has 0 fully saturated rings. The van der Waals surface area contributed by atoms with Gasteiger partial charge in [-0.1, -0.05) is 53.6 Å². The van der Waals surface area contributed by atoms with E-state index in [0.29, 0.717) is 16.1 Å². The molecule has 0 aliphatic rings. The molecule has 0 saturated heterocycles. The highest BCUT2D eigenvalue weighted by atomic mass is 35.5. The molecule has 2 rings (SSSR count). The maximum absolute atomic E-state index is 12.1. The van der Waals surface area contributed by atoms with Crippen LogP contribution >= 0.6 is 11.6 Å². The molecule has 0 heterocycles. The van der Waals surface area contributed by atoms with Gasteiger partial charge in [-0.3, -0.25) is 4.79 Å². The molecule has 0 bridgehead atoms. The summed E-state index contributed by atoms with van der Waals surface area (Å²) in [6.45, 7) is 1.99. The third-order valence-corrected chi connectivity index (χ3v) is 2.64. The average Bonchev–Trinajstić information content (AvgIpc) is 2.29. The molecular formula is C14H11ClO. The van der Waals surface area contributed by atoms with E-state index < -0.39 is 0 Å². The zero-order valence-electron chi connectivity index (χ0n) is 8.91. The lowest BCUT2D eigenvalue weighted by molar-refractivity contribution is 0.103. The number of halogens is 1. The molecule has 1 nitrogen and oxygen atoms in total.